The first-order valence-electron chi connectivity index (χ1n) is 13.0. The lowest BCUT2D eigenvalue weighted by Gasteiger charge is -2.35. The van der Waals surface area contributed by atoms with Gasteiger partial charge in [-0.2, -0.15) is 26.3 Å². The van der Waals surface area contributed by atoms with Crippen molar-refractivity contribution in [2.24, 2.45) is 0 Å². The number of hydrogen-bond acceptors (Lipinski definition) is 8. The van der Waals surface area contributed by atoms with Crippen LogP contribution in [-0.2, 0) is 16.2 Å². The first-order valence-corrected chi connectivity index (χ1v) is 14.7. The Bertz CT molecular complexity index is 1740. The van der Waals surface area contributed by atoms with Crippen molar-refractivity contribution in [3.63, 3.8) is 0 Å². The Morgan fingerprint density at radius 2 is 1.58 bits per heavy atom. The number of phenols is 1. The summed E-state index contributed by atoms with van der Waals surface area (Å²) in [6, 6.07) is 11.1. The van der Waals surface area contributed by atoms with E-state index >= 15 is 0 Å². The predicted octanol–water partition coefficient (Wildman–Crippen LogP) is 3.58. The van der Waals surface area contributed by atoms with Crippen molar-refractivity contribution in [2.45, 2.75) is 18.8 Å². The molecule has 1 aliphatic rings. The average Bonchev–Trinajstić information content (AvgIpc) is 2.98. The van der Waals surface area contributed by atoms with E-state index in [9.17, 15) is 49.5 Å². The largest absolute Gasteiger partial charge is 0.508 e. The van der Waals surface area contributed by atoms with E-state index in [2.05, 4.69) is 22.0 Å². The third kappa shape index (κ3) is 9.32. The number of anilines is 1. The number of aromatic hydroxyl groups is 1. The number of nitrogens with zero attached hydrogens (tertiary/aromatic N) is 4. The number of piperazine rings is 1. The Morgan fingerprint density at radius 3 is 2.18 bits per heavy atom. The Morgan fingerprint density at radius 1 is 0.889 bits per heavy atom. The van der Waals surface area contributed by atoms with Gasteiger partial charge in [-0.1, -0.05) is 17.9 Å². The molecular weight excluding hydrogens is 632 g/mol. The fraction of sp³-hybridized carbons (Fsp3) is 0.286. The molecular formula is C28H23F6N5O5S. The normalized spacial score (nSPS) is 14.0. The molecule has 45 heavy (non-hydrogen) atoms. The highest BCUT2D eigenvalue weighted by atomic mass is 32.2. The summed E-state index contributed by atoms with van der Waals surface area (Å²) in [6.45, 7) is 0.531. The van der Waals surface area contributed by atoms with E-state index in [0.29, 0.717) is 5.56 Å². The van der Waals surface area contributed by atoms with Crippen molar-refractivity contribution in [3.8, 4) is 17.6 Å². The number of hydrogen-bond donors (Lipinski definition) is 2. The first-order chi connectivity index (χ1) is 21.0. The molecule has 2 aromatic carbocycles. The number of benzene rings is 2. The molecule has 0 spiro atoms. The van der Waals surface area contributed by atoms with Crippen LogP contribution in [0.25, 0.3) is 0 Å². The average molecular weight is 656 g/mol. The molecule has 2 N–H and O–H groups in total. The lowest BCUT2D eigenvalue weighted by molar-refractivity contribution is -0.137. The van der Waals surface area contributed by atoms with E-state index < -0.39 is 57.6 Å². The fourth-order valence-electron chi connectivity index (χ4n) is 4.15. The van der Waals surface area contributed by atoms with Crippen molar-refractivity contribution in [1.82, 2.24) is 19.8 Å². The number of sulfonamides is 1. The van der Waals surface area contributed by atoms with Gasteiger partial charge < -0.3 is 14.9 Å². The maximum Gasteiger partial charge on any atom is 0.416 e. The van der Waals surface area contributed by atoms with E-state index in [4.69, 9.17) is 0 Å². The lowest BCUT2D eigenvalue weighted by atomic mass is 10.0. The number of carbonyl (C=O) groups excluding carboxylic acids is 2. The Kier molecular flexibility index (Phi) is 9.56. The number of alkyl halides is 6. The highest BCUT2D eigenvalue weighted by Crippen LogP contribution is 2.31. The fourth-order valence-corrected chi connectivity index (χ4v) is 5.14. The summed E-state index contributed by atoms with van der Waals surface area (Å²) in [4.78, 5) is 28.4. The second kappa shape index (κ2) is 13.0. The third-order valence-electron chi connectivity index (χ3n) is 6.38. The van der Waals surface area contributed by atoms with Gasteiger partial charge in [-0.15, -0.1) is 10.2 Å². The van der Waals surface area contributed by atoms with Crippen molar-refractivity contribution >= 4 is 27.7 Å². The molecule has 17 heteroatoms. The van der Waals surface area contributed by atoms with Gasteiger partial charge in [0.05, 0.1) is 17.7 Å². The summed E-state index contributed by atoms with van der Waals surface area (Å²) in [5.41, 5.74) is -1.43. The van der Waals surface area contributed by atoms with Gasteiger partial charge in [0, 0.05) is 42.9 Å². The summed E-state index contributed by atoms with van der Waals surface area (Å²) >= 11 is 0. The summed E-state index contributed by atoms with van der Waals surface area (Å²) in [7, 11) is -4.58. The Labute approximate surface area is 252 Å². The number of carbonyl (C=O) groups is 2. The van der Waals surface area contributed by atoms with Crippen LogP contribution in [0.2, 0.25) is 0 Å². The maximum absolute atomic E-state index is 13.6. The number of aromatic nitrogens is 2. The van der Waals surface area contributed by atoms with Gasteiger partial charge in [0.25, 0.3) is 11.8 Å². The molecule has 0 atom stereocenters. The summed E-state index contributed by atoms with van der Waals surface area (Å²) < 4.78 is 103. The molecule has 2 heterocycles. The zero-order valence-electron chi connectivity index (χ0n) is 23.0. The highest BCUT2D eigenvalue weighted by molar-refractivity contribution is 7.90. The van der Waals surface area contributed by atoms with Gasteiger partial charge >= 0.3 is 12.4 Å². The number of halogens is 6. The molecule has 238 valence electrons. The molecule has 1 aliphatic heterocycles. The second-order valence-electron chi connectivity index (χ2n) is 9.77. The maximum atomic E-state index is 13.6. The third-order valence-corrected chi connectivity index (χ3v) is 7.62. The van der Waals surface area contributed by atoms with E-state index in [1.54, 1.807) is 11.0 Å². The van der Waals surface area contributed by atoms with Gasteiger partial charge in [-0.05, 0) is 48.5 Å². The highest BCUT2D eigenvalue weighted by Gasteiger charge is 2.33. The Hall–Kier alpha value is -4.85. The van der Waals surface area contributed by atoms with Crippen LogP contribution in [0.15, 0.2) is 54.6 Å². The van der Waals surface area contributed by atoms with Crippen molar-refractivity contribution in [3.05, 3.63) is 82.5 Å². The van der Waals surface area contributed by atoms with Gasteiger partial charge in [0.1, 0.15) is 5.75 Å². The number of phenolic OH excluding ortho intramolecular Hbond substituents is 1. The molecule has 1 fully saturated rings. The molecule has 0 radical (unpaired) electrons. The predicted molar refractivity (Wildman–Crippen MR) is 148 cm³/mol. The second-order valence-corrected chi connectivity index (χ2v) is 11.6. The molecule has 0 unspecified atom stereocenters. The topological polar surface area (TPSA) is 133 Å². The molecule has 1 saturated heterocycles. The number of nitrogens with one attached hydrogen (secondary N) is 1. The van der Waals surface area contributed by atoms with Crippen LogP contribution in [0.1, 0.15) is 44.0 Å². The van der Waals surface area contributed by atoms with Gasteiger partial charge in [0.2, 0.25) is 10.0 Å². The van der Waals surface area contributed by atoms with Crippen molar-refractivity contribution < 1.29 is 49.5 Å². The summed E-state index contributed by atoms with van der Waals surface area (Å²) in [5.74, 6) is 2.17. The summed E-state index contributed by atoms with van der Waals surface area (Å²) in [5, 5.41) is 17.1. The van der Waals surface area contributed by atoms with Crippen LogP contribution < -0.4 is 9.62 Å². The number of amides is 2. The van der Waals surface area contributed by atoms with E-state index in [0.717, 1.165) is 18.2 Å². The minimum atomic E-state index is -4.74. The van der Waals surface area contributed by atoms with E-state index in [-0.39, 0.29) is 48.9 Å². The minimum absolute atomic E-state index is 0.0530. The monoisotopic (exact) mass is 655 g/mol. The van der Waals surface area contributed by atoms with E-state index in [1.807, 2.05) is 0 Å². The molecule has 10 nitrogen and oxygen atoms in total. The molecule has 4 rings (SSSR count). The Balaban J connectivity index is 1.41. The SMILES string of the molecule is O=C(NS(=O)(=O)CCC(F)(F)F)c1ccc(N2CCN(C(=O)c3cc(C#Cc4cccc(O)c4)cc(C(F)(F)F)c3)CC2)nn1. The van der Waals surface area contributed by atoms with Crippen LogP contribution in [0, 0.1) is 11.8 Å². The molecule has 1 aromatic heterocycles. The van der Waals surface area contributed by atoms with Crippen LogP contribution in [0.5, 0.6) is 5.75 Å². The van der Waals surface area contributed by atoms with Crippen LogP contribution in [-0.4, -0.2) is 78.5 Å². The zero-order valence-corrected chi connectivity index (χ0v) is 23.8. The van der Waals surface area contributed by atoms with E-state index in [1.165, 1.54) is 40.0 Å². The van der Waals surface area contributed by atoms with Crippen molar-refractivity contribution in [2.75, 3.05) is 36.8 Å². The molecule has 3 aromatic rings. The van der Waals surface area contributed by atoms with Gasteiger partial charge in [-0.3, -0.25) is 9.59 Å². The smallest absolute Gasteiger partial charge is 0.416 e. The van der Waals surface area contributed by atoms with Gasteiger partial charge in [-0.25, -0.2) is 13.1 Å². The quantitative estimate of drug-likeness (QED) is 0.305. The van der Waals surface area contributed by atoms with Crippen LogP contribution >= 0.6 is 0 Å². The van der Waals surface area contributed by atoms with Crippen LogP contribution in [0.3, 0.4) is 0 Å². The minimum Gasteiger partial charge on any atom is -0.508 e. The molecule has 0 saturated carbocycles. The lowest BCUT2D eigenvalue weighted by Crippen LogP contribution is -2.49. The first kappa shape index (κ1) is 33.1. The molecule has 0 aliphatic carbocycles. The van der Waals surface area contributed by atoms with Crippen molar-refractivity contribution in [1.29, 1.82) is 0 Å². The summed E-state index contributed by atoms with van der Waals surface area (Å²) in [6.07, 6.45) is -11.1. The zero-order chi connectivity index (χ0) is 33.0. The standard InChI is InChI=1S/C28H23F6N5O5S/c29-27(30,31)8-13-45(43,44)37-25(41)23-6-7-24(36-35-23)38-9-11-39(12-10-38)26(42)20-14-19(15-21(17-20)28(32,33)34)5-4-18-2-1-3-22(40)16-18/h1-3,6-7,14-17,40H,8-13H2,(H,37,41). The van der Waals surface area contributed by atoms with Gasteiger partial charge in [0.15, 0.2) is 11.5 Å². The molecule has 2 amide bonds. The van der Waals surface area contributed by atoms with Crippen LogP contribution in [0.4, 0.5) is 32.2 Å². The molecule has 0 bridgehead atoms. The number of rotatable bonds is 6.